The van der Waals surface area contributed by atoms with Crippen molar-refractivity contribution in [1.29, 1.82) is 0 Å². The van der Waals surface area contributed by atoms with Crippen LogP contribution in [-0.2, 0) is 96.6 Å². The van der Waals surface area contributed by atoms with E-state index in [9.17, 15) is 9.59 Å². The number of rotatable bonds is 23. The van der Waals surface area contributed by atoms with Crippen molar-refractivity contribution in [3.05, 3.63) is 215 Å². The standard InChI is InChI=1S/C59H63NO12/c1-41(61)70-53-50(49-39-68-58(72-49)55(53)66-36-46-27-15-6-16-28-46)60-51-52(64-34-44-23-11-4-12-24-44)54(65-35-45-25-13-5-14-26-45)57(67-37-47-29-17-7-18-30-47)59(56(51)71-42(2)62,69-38-48-31-19-8-20-32-48)40-63-33-43-21-9-3-10-22-43/h3-32,49-58,60H,33-40H2,1-2H3/t49-,50-,51-,52+,53+,54-,55-,56+,57+,58-,59-/m1/s1. The smallest absolute Gasteiger partial charge is 0.303 e. The maximum atomic E-state index is 14.0. The minimum Gasteiger partial charge on any atom is -0.458 e. The Morgan fingerprint density at radius 1 is 0.472 bits per heavy atom. The molecule has 2 aliphatic heterocycles. The zero-order valence-electron chi connectivity index (χ0n) is 40.6. The second kappa shape index (κ2) is 25.0. The average Bonchev–Trinajstić information content (AvgIpc) is 3.85. The Balaban J connectivity index is 1.21. The zero-order valence-corrected chi connectivity index (χ0v) is 40.6. The van der Waals surface area contributed by atoms with Gasteiger partial charge in [0.15, 0.2) is 24.1 Å². The molecule has 376 valence electrons. The van der Waals surface area contributed by atoms with E-state index in [1.807, 2.05) is 182 Å². The first-order chi connectivity index (χ1) is 35.3. The Hall–Kier alpha value is -6.10. The predicted molar refractivity (Wildman–Crippen MR) is 267 cm³/mol. The zero-order chi connectivity index (χ0) is 49.5. The number of esters is 2. The van der Waals surface area contributed by atoms with Gasteiger partial charge in [-0.2, -0.15) is 0 Å². The van der Waals surface area contributed by atoms with Gasteiger partial charge in [-0.15, -0.1) is 0 Å². The fraction of sp³-hybridized carbons (Fsp3) is 0.356. The number of hydrogen-bond acceptors (Lipinski definition) is 13. The SMILES string of the molecule is CC(=O)O[C@H]1[C@H](N[C@@H]2[C@H](OCc3ccccc3)[C@@H](OCc3ccccc3)[C@H](OCc3ccccc3)[C@](COCc3ccccc3)(OCc3ccccc3)[C@H]2OC(C)=O)[C@H]2CO[C@H](O2)[C@@H]1OCc1ccccc1. The van der Waals surface area contributed by atoms with Crippen LogP contribution in [0.5, 0.6) is 0 Å². The van der Waals surface area contributed by atoms with Gasteiger partial charge < -0.3 is 47.4 Å². The van der Waals surface area contributed by atoms with E-state index in [1.54, 1.807) is 0 Å². The van der Waals surface area contributed by atoms with Crippen molar-refractivity contribution in [2.45, 2.75) is 120 Å². The van der Waals surface area contributed by atoms with Crippen molar-refractivity contribution in [1.82, 2.24) is 5.32 Å². The maximum Gasteiger partial charge on any atom is 0.303 e. The minimum atomic E-state index is -1.64. The molecule has 0 aromatic heterocycles. The topological polar surface area (TPSA) is 138 Å². The van der Waals surface area contributed by atoms with Crippen LogP contribution in [0.25, 0.3) is 0 Å². The first kappa shape index (κ1) is 50.8. The molecule has 0 radical (unpaired) electrons. The molecule has 2 bridgehead atoms. The van der Waals surface area contributed by atoms with Crippen LogP contribution in [0.2, 0.25) is 0 Å². The highest BCUT2D eigenvalue weighted by molar-refractivity contribution is 5.67. The molecule has 1 N–H and O–H groups in total. The van der Waals surface area contributed by atoms with Gasteiger partial charge in [-0.1, -0.05) is 182 Å². The molecule has 0 spiro atoms. The Bertz CT molecular complexity index is 2560. The summed E-state index contributed by atoms with van der Waals surface area (Å²) in [5, 5.41) is 3.86. The van der Waals surface area contributed by atoms with Gasteiger partial charge in [-0.05, 0) is 33.4 Å². The van der Waals surface area contributed by atoms with Gasteiger partial charge in [0, 0.05) is 13.8 Å². The second-order valence-corrected chi connectivity index (χ2v) is 18.4. The van der Waals surface area contributed by atoms with Crippen LogP contribution in [-0.4, -0.2) is 91.9 Å². The quantitative estimate of drug-likeness (QED) is 0.0616. The first-order valence-corrected chi connectivity index (χ1v) is 24.6. The molecule has 11 atom stereocenters. The molecular weight excluding hydrogens is 915 g/mol. The molecule has 0 unspecified atom stereocenters. The third-order valence-electron chi connectivity index (χ3n) is 13.2. The van der Waals surface area contributed by atoms with Crippen molar-refractivity contribution >= 4 is 11.9 Å². The normalized spacial score (nSPS) is 26.7. The Morgan fingerprint density at radius 3 is 1.36 bits per heavy atom. The van der Waals surface area contributed by atoms with Crippen LogP contribution in [0.1, 0.15) is 47.2 Å². The number of carbonyl (C=O) groups is 2. The number of hydrogen-bond donors (Lipinski definition) is 1. The summed E-state index contributed by atoms with van der Waals surface area (Å²) >= 11 is 0. The Labute approximate surface area is 421 Å². The predicted octanol–water partition coefficient (Wildman–Crippen LogP) is 8.46. The van der Waals surface area contributed by atoms with Crippen molar-refractivity contribution in [2.75, 3.05) is 13.2 Å². The van der Waals surface area contributed by atoms with Crippen molar-refractivity contribution in [2.24, 2.45) is 0 Å². The molecule has 1 saturated carbocycles. The third-order valence-corrected chi connectivity index (χ3v) is 13.2. The third kappa shape index (κ3) is 12.9. The highest BCUT2D eigenvalue weighted by Gasteiger charge is 2.66. The summed E-state index contributed by atoms with van der Waals surface area (Å²) in [4.78, 5) is 27.2. The lowest BCUT2D eigenvalue weighted by molar-refractivity contribution is -0.310. The fourth-order valence-corrected chi connectivity index (χ4v) is 9.87. The van der Waals surface area contributed by atoms with Crippen LogP contribution in [0.15, 0.2) is 182 Å². The van der Waals surface area contributed by atoms with Crippen LogP contribution >= 0.6 is 0 Å². The summed E-state index contributed by atoms with van der Waals surface area (Å²) < 4.78 is 68.4. The van der Waals surface area contributed by atoms with Gasteiger partial charge in [0.05, 0.1) is 64.9 Å². The summed E-state index contributed by atoms with van der Waals surface area (Å²) in [6.45, 7) is 3.65. The van der Waals surface area contributed by atoms with E-state index in [1.165, 1.54) is 13.8 Å². The molecule has 9 rings (SSSR count). The largest absolute Gasteiger partial charge is 0.458 e. The van der Waals surface area contributed by atoms with Gasteiger partial charge >= 0.3 is 11.9 Å². The van der Waals surface area contributed by atoms with E-state index >= 15 is 0 Å². The van der Waals surface area contributed by atoms with Crippen LogP contribution in [0.4, 0.5) is 0 Å². The van der Waals surface area contributed by atoms with E-state index < -0.39 is 78.6 Å². The van der Waals surface area contributed by atoms with E-state index in [0.29, 0.717) is 0 Å². The van der Waals surface area contributed by atoms with Gasteiger partial charge in [-0.25, -0.2) is 0 Å². The molecule has 2 heterocycles. The van der Waals surface area contributed by atoms with Crippen molar-refractivity contribution in [3.63, 3.8) is 0 Å². The molecule has 72 heavy (non-hydrogen) atoms. The highest BCUT2D eigenvalue weighted by atomic mass is 16.8. The van der Waals surface area contributed by atoms with E-state index in [2.05, 4.69) is 5.32 Å². The van der Waals surface area contributed by atoms with Gasteiger partial charge in [-0.3, -0.25) is 14.9 Å². The van der Waals surface area contributed by atoms with Crippen LogP contribution in [0, 0.1) is 0 Å². The molecule has 3 aliphatic rings. The monoisotopic (exact) mass is 977 g/mol. The molecule has 13 heteroatoms. The molecule has 3 fully saturated rings. The van der Waals surface area contributed by atoms with E-state index in [-0.39, 0.29) is 52.9 Å². The summed E-state index contributed by atoms with van der Waals surface area (Å²) in [6, 6.07) is 57.1. The summed E-state index contributed by atoms with van der Waals surface area (Å²) in [6.07, 6.45) is -7.46. The number of nitrogens with one attached hydrogen (secondary N) is 1. The highest BCUT2D eigenvalue weighted by Crippen LogP contribution is 2.44. The van der Waals surface area contributed by atoms with Gasteiger partial charge in [0.2, 0.25) is 0 Å². The summed E-state index contributed by atoms with van der Waals surface area (Å²) in [7, 11) is 0. The maximum absolute atomic E-state index is 14.0. The summed E-state index contributed by atoms with van der Waals surface area (Å²) in [5.74, 6) is -1.11. The number of ether oxygens (including phenoxy) is 10. The average molecular weight is 978 g/mol. The molecule has 13 nitrogen and oxygen atoms in total. The Morgan fingerprint density at radius 2 is 0.889 bits per heavy atom. The van der Waals surface area contributed by atoms with E-state index in [0.717, 1.165) is 33.4 Å². The number of benzene rings is 6. The molecule has 0 amide bonds. The van der Waals surface area contributed by atoms with Crippen molar-refractivity contribution < 1.29 is 57.0 Å². The molecule has 2 saturated heterocycles. The van der Waals surface area contributed by atoms with Crippen molar-refractivity contribution in [3.8, 4) is 0 Å². The van der Waals surface area contributed by atoms with Crippen LogP contribution < -0.4 is 5.32 Å². The van der Waals surface area contributed by atoms with E-state index in [4.69, 9.17) is 47.4 Å². The molecule has 6 aromatic rings. The minimum absolute atomic E-state index is 0.0717. The second-order valence-electron chi connectivity index (χ2n) is 18.4. The lowest BCUT2D eigenvalue weighted by Gasteiger charge is -2.57. The number of carbonyl (C=O) groups excluding carboxylic acids is 2. The lowest BCUT2D eigenvalue weighted by Crippen LogP contribution is -2.79. The fourth-order valence-electron chi connectivity index (χ4n) is 9.87. The first-order valence-electron chi connectivity index (χ1n) is 24.6. The summed E-state index contributed by atoms with van der Waals surface area (Å²) in [5.41, 5.74) is 3.76. The molecule has 1 aliphatic carbocycles. The Kier molecular flexibility index (Phi) is 17.7. The van der Waals surface area contributed by atoms with Gasteiger partial charge in [0.25, 0.3) is 0 Å². The van der Waals surface area contributed by atoms with Gasteiger partial charge in [0.1, 0.15) is 30.5 Å². The molecular formula is C59H63NO12. The lowest BCUT2D eigenvalue weighted by atomic mass is 9.72. The van der Waals surface area contributed by atoms with Crippen LogP contribution in [0.3, 0.4) is 0 Å². The molecule has 6 aromatic carbocycles. The number of fused-ring (bicyclic) bond motifs is 2.